The highest BCUT2D eigenvalue weighted by Gasteiger charge is 2.70. The number of nitrogens with one attached hydrogen (secondary N) is 1. The van der Waals surface area contributed by atoms with Gasteiger partial charge in [0.15, 0.2) is 0 Å². The molecule has 5 fully saturated rings. The third kappa shape index (κ3) is 6.57. The standard InChI is InChI=1S/C48H72N4O3S/c1-33(2)35-12-19-48(51-25-26-52-27-30-56-31-28-52)21-20-45(6)37(41(35)48)8-9-39-44(5)15-13-36(43(3,4)38(44)14-16-46(39,45)7)34-10-17-47(18-11-34,42(53)54)22-29-55-40-32-49-23-24-50-40/h10,13,23-24,32,35,37-39,41,51H,1,8-9,11-12,14-22,25-31H2,2-7H3,(H,53,54)/t35-,37+,38-,39+,41+,44-,45+,46+,47?,48-/m0/s1. The molecule has 1 saturated heterocycles. The molecule has 8 heteroatoms. The number of ether oxygens (including phenoxy) is 1. The Balaban J connectivity index is 1.00. The molecule has 0 bridgehead atoms. The molecular weight excluding hydrogens is 713 g/mol. The van der Waals surface area contributed by atoms with E-state index in [1.807, 2.05) is 0 Å². The van der Waals surface area contributed by atoms with Crippen LogP contribution in [0.15, 0.2) is 54.0 Å². The van der Waals surface area contributed by atoms with E-state index < -0.39 is 11.4 Å². The van der Waals surface area contributed by atoms with E-state index in [0.29, 0.717) is 66.3 Å². The summed E-state index contributed by atoms with van der Waals surface area (Å²) < 4.78 is 5.82. The van der Waals surface area contributed by atoms with Crippen LogP contribution in [0.3, 0.4) is 0 Å². The average molecular weight is 785 g/mol. The quantitative estimate of drug-likeness (QED) is 0.215. The summed E-state index contributed by atoms with van der Waals surface area (Å²) in [6.45, 7) is 25.4. The number of aromatic nitrogens is 2. The van der Waals surface area contributed by atoms with Crippen LogP contribution in [0.2, 0.25) is 0 Å². The van der Waals surface area contributed by atoms with Crippen LogP contribution in [-0.4, -0.2) is 75.8 Å². The molecule has 308 valence electrons. The zero-order valence-corrected chi connectivity index (χ0v) is 36.5. The van der Waals surface area contributed by atoms with Gasteiger partial charge in [0.25, 0.3) is 0 Å². The second-order valence-electron chi connectivity index (χ2n) is 20.9. The number of carboxylic acids is 1. The molecule has 0 spiro atoms. The molecular formula is C48H72N4O3S. The minimum absolute atomic E-state index is 0.0470. The van der Waals surface area contributed by atoms with Crippen LogP contribution in [0, 0.1) is 56.7 Å². The highest BCUT2D eigenvalue weighted by atomic mass is 32.2. The van der Waals surface area contributed by atoms with Crippen molar-refractivity contribution in [2.45, 2.75) is 131 Å². The molecule has 6 aliphatic carbocycles. The number of aliphatic carboxylic acids is 1. The number of rotatable bonds is 11. The summed E-state index contributed by atoms with van der Waals surface area (Å²) in [4.78, 5) is 23.7. The molecule has 0 aromatic carbocycles. The first-order valence-electron chi connectivity index (χ1n) is 22.4. The van der Waals surface area contributed by atoms with Crippen molar-refractivity contribution in [1.29, 1.82) is 0 Å². The van der Waals surface area contributed by atoms with E-state index in [-0.39, 0.29) is 16.4 Å². The second-order valence-corrected chi connectivity index (χ2v) is 22.2. The Morgan fingerprint density at radius 2 is 1.77 bits per heavy atom. The fourth-order valence-corrected chi connectivity index (χ4v) is 16.3. The molecule has 1 aromatic heterocycles. The SMILES string of the molecule is C=C(C)[C@@H]1CC[C@]2(NCCN3CCSCC3)CC[C@]3(C)[C@H](CC[C@@H]4[C@@]5(C)CC=C(C6=CCC(CCOc7cnccn7)(C(=O)O)CC6)C(C)(C)[C@@H]5CC[C@]43C)[C@@H]12. The normalized spacial score (nSPS) is 41.9. The molecule has 56 heavy (non-hydrogen) atoms. The fraction of sp³-hybridized carbons (Fsp3) is 0.771. The van der Waals surface area contributed by atoms with Gasteiger partial charge in [-0.25, -0.2) is 4.98 Å². The number of hydrogen-bond acceptors (Lipinski definition) is 7. The molecule has 4 saturated carbocycles. The van der Waals surface area contributed by atoms with Crippen molar-refractivity contribution in [3.05, 3.63) is 54.0 Å². The predicted octanol–water partition coefficient (Wildman–Crippen LogP) is 10.0. The Morgan fingerprint density at radius 3 is 2.46 bits per heavy atom. The number of nitrogens with zero attached hydrogens (tertiary/aromatic N) is 3. The number of hydrogen-bond donors (Lipinski definition) is 2. The number of carbonyl (C=O) groups is 1. The van der Waals surface area contributed by atoms with Crippen molar-refractivity contribution < 1.29 is 14.6 Å². The van der Waals surface area contributed by atoms with Gasteiger partial charge in [-0.05, 0) is 153 Å². The van der Waals surface area contributed by atoms with Crippen molar-refractivity contribution in [1.82, 2.24) is 20.2 Å². The lowest BCUT2D eigenvalue weighted by molar-refractivity contribution is -0.221. The Morgan fingerprint density at radius 1 is 0.964 bits per heavy atom. The van der Waals surface area contributed by atoms with Gasteiger partial charge in [-0.2, -0.15) is 11.8 Å². The Bertz CT molecular complexity index is 1710. The predicted molar refractivity (Wildman–Crippen MR) is 229 cm³/mol. The van der Waals surface area contributed by atoms with E-state index in [0.717, 1.165) is 25.3 Å². The summed E-state index contributed by atoms with van der Waals surface area (Å²) in [6.07, 6.45) is 24.0. The lowest BCUT2D eigenvalue weighted by atomic mass is 9.33. The van der Waals surface area contributed by atoms with Crippen molar-refractivity contribution >= 4 is 17.7 Å². The molecule has 7 nitrogen and oxygen atoms in total. The van der Waals surface area contributed by atoms with E-state index in [4.69, 9.17) is 4.74 Å². The molecule has 7 aliphatic rings. The second kappa shape index (κ2) is 15.1. The van der Waals surface area contributed by atoms with Crippen molar-refractivity contribution in [3.8, 4) is 5.88 Å². The first kappa shape index (κ1) is 40.6. The number of allylic oxidation sites excluding steroid dienone is 5. The van der Waals surface area contributed by atoms with Crippen LogP contribution in [0.1, 0.15) is 125 Å². The van der Waals surface area contributed by atoms with Gasteiger partial charge < -0.3 is 20.1 Å². The van der Waals surface area contributed by atoms with Crippen LogP contribution in [0.5, 0.6) is 5.88 Å². The monoisotopic (exact) mass is 785 g/mol. The highest BCUT2D eigenvalue weighted by Crippen LogP contribution is 2.76. The number of thioether (sulfide) groups is 1. The summed E-state index contributed by atoms with van der Waals surface area (Å²) in [7, 11) is 0. The van der Waals surface area contributed by atoms with Crippen LogP contribution >= 0.6 is 11.8 Å². The van der Waals surface area contributed by atoms with E-state index in [1.165, 1.54) is 99.2 Å². The van der Waals surface area contributed by atoms with Gasteiger partial charge in [0.1, 0.15) is 0 Å². The van der Waals surface area contributed by atoms with E-state index in [2.05, 4.69) is 92.2 Å². The van der Waals surface area contributed by atoms with Crippen molar-refractivity contribution in [2.75, 3.05) is 44.3 Å². The summed E-state index contributed by atoms with van der Waals surface area (Å²) in [5, 5.41) is 14.8. The lowest BCUT2D eigenvalue weighted by Gasteiger charge is -2.72. The lowest BCUT2D eigenvalue weighted by Crippen LogP contribution is -2.68. The molecule has 2 heterocycles. The molecule has 1 aromatic rings. The topological polar surface area (TPSA) is 87.6 Å². The van der Waals surface area contributed by atoms with Crippen molar-refractivity contribution in [2.24, 2.45) is 56.7 Å². The maximum atomic E-state index is 12.7. The zero-order chi connectivity index (χ0) is 39.6. The zero-order valence-electron chi connectivity index (χ0n) is 35.6. The summed E-state index contributed by atoms with van der Waals surface area (Å²) in [5.41, 5.74) is 4.75. The van der Waals surface area contributed by atoms with Crippen LogP contribution < -0.4 is 10.1 Å². The molecule has 0 radical (unpaired) electrons. The third-order valence-corrected chi connectivity index (χ3v) is 19.4. The fourth-order valence-electron chi connectivity index (χ4n) is 15.3. The van der Waals surface area contributed by atoms with Gasteiger partial charge in [-0.15, -0.1) is 0 Å². The average Bonchev–Trinajstić information content (AvgIpc) is 3.56. The summed E-state index contributed by atoms with van der Waals surface area (Å²) >= 11 is 2.11. The molecule has 1 unspecified atom stereocenters. The largest absolute Gasteiger partial charge is 0.481 e. The molecule has 2 N–H and O–H groups in total. The Kier molecular flexibility index (Phi) is 11.0. The van der Waals surface area contributed by atoms with Gasteiger partial charge in [-0.3, -0.25) is 9.78 Å². The van der Waals surface area contributed by atoms with E-state index >= 15 is 0 Å². The van der Waals surface area contributed by atoms with Crippen LogP contribution in [0.25, 0.3) is 0 Å². The van der Waals surface area contributed by atoms with E-state index in [9.17, 15) is 9.90 Å². The molecule has 8 rings (SSSR count). The smallest absolute Gasteiger partial charge is 0.310 e. The van der Waals surface area contributed by atoms with E-state index in [1.54, 1.807) is 18.6 Å². The van der Waals surface area contributed by atoms with Gasteiger partial charge in [0, 0.05) is 55.6 Å². The molecule has 10 atom stereocenters. The highest BCUT2D eigenvalue weighted by molar-refractivity contribution is 7.99. The van der Waals surface area contributed by atoms with Gasteiger partial charge >= 0.3 is 5.97 Å². The van der Waals surface area contributed by atoms with Crippen LogP contribution in [0.4, 0.5) is 0 Å². The Labute approximate surface area is 342 Å². The maximum absolute atomic E-state index is 12.7. The number of fused-ring (bicyclic) bond motifs is 7. The molecule has 1 aliphatic heterocycles. The number of carboxylic acid groups (broad SMARTS) is 1. The summed E-state index contributed by atoms with van der Waals surface area (Å²) in [5.74, 6) is 5.72. The Hall–Kier alpha value is -2.16. The van der Waals surface area contributed by atoms with Gasteiger partial charge in [0.05, 0.1) is 18.2 Å². The van der Waals surface area contributed by atoms with Gasteiger partial charge in [0.2, 0.25) is 5.88 Å². The summed E-state index contributed by atoms with van der Waals surface area (Å²) in [6, 6.07) is 0. The minimum atomic E-state index is -0.803. The first-order chi connectivity index (χ1) is 26.7. The maximum Gasteiger partial charge on any atom is 0.310 e. The van der Waals surface area contributed by atoms with Gasteiger partial charge in [-0.1, -0.05) is 58.9 Å². The molecule has 0 amide bonds. The van der Waals surface area contributed by atoms with Crippen molar-refractivity contribution in [3.63, 3.8) is 0 Å². The minimum Gasteiger partial charge on any atom is -0.481 e. The van der Waals surface area contributed by atoms with Crippen LogP contribution in [-0.2, 0) is 4.79 Å². The first-order valence-corrected chi connectivity index (χ1v) is 23.6. The third-order valence-electron chi connectivity index (χ3n) is 18.4.